The number of anilines is 1. The molecule has 3 aromatic rings. The molecule has 0 aliphatic carbocycles. The molecule has 146 valence electrons. The highest BCUT2D eigenvalue weighted by Gasteiger charge is 2.30. The van der Waals surface area contributed by atoms with E-state index in [1.54, 1.807) is 13.1 Å². The fraction of sp³-hybridized carbons (Fsp3) is 0.316. The summed E-state index contributed by atoms with van der Waals surface area (Å²) in [6, 6.07) is 7.23. The molecule has 0 bridgehead atoms. The second kappa shape index (κ2) is 8.92. The van der Waals surface area contributed by atoms with Gasteiger partial charge in [-0.15, -0.1) is 0 Å². The van der Waals surface area contributed by atoms with E-state index in [4.69, 9.17) is 13.0 Å². The maximum atomic E-state index is 13.6. The van der Waals surface area contributed by atoms with Crippen LogP contribution in [0.15, 0.2) is 41.5 Å². The molecule has 0 amide bonds. The third-order valence-corrected chi connectivity index (χ3v) is 4.04. The third kappa shape index (κ3) is 4.36. The molecule has 6 nitrogen and oxygen atoms in total. The Morgan fingerprint density at radius 3 is 2.64 bits per heavy atom. The summed E-state index contributed by atoms with van der Waals surface area (Å²) in [4.78, 5) is 20.1. The Morgan fingerprint density at radius 1 is 1.25 bits per heavy atom. The van der Waals surface area contributed by atoms with Crippen molar-refractivity contribution >= 4 is 30.2 Å². The van der Waals surface area contributed by atoms with E-state index >= 15 is 0 Å². The molecule has 1 aromatic carbocycles. The first-order chi connectivity index (χ1) is 13.3. The van der Waals surface area contributed by atoms with Crippen LogP contribution in [0.5, 0.6) is 0 Å². The SMILES string of the molecule is CC.[B]c1cc2c(NCc3cccc(C(F)(F)CO)c3)ncnc2n(C)c1=O. The Bertz CT molecular complexity index is 1020. The van der Waals surface area contributed by atoms with E-state index in [1.807, 2.05) is 13.8 Å². The largest absolute Gasteiger partial charge is 0.390 e. The predicted molar refractivity (Wildman–Crippen MR) is 106 cm³/mol. The maximum absolute atomic E-state index is 13.6. The molecule has 0 saturated heterocycles. The summed E-state index contributed by atoms with van der Waals surface area (Å²) >= 11 is 0. The second-order valence-corrected chi connectivity index (χ2v) is 5.84. The van der Waals surface area contributed by atoms with Gasteiger partial charge in [0, 0.05) is 19.2 Å². The van der Waals surface area contributed by atoms with Crippen LogP contribution in [0.2, 0.25) is 0 Å². The summed E-state index contributed by atoms with van der Waals surface area (Å²) in [6.45, 7) is 2.96. The molecule has 0 fully saturated rings. The molecule has 0 atom stereocenters. The van der Waals surface area contributed by atoms with Crippen LogP contribution >= 0.6 is 0 Å². The van der Waals surface area contributed by atoms with E-state index in [9.17, 15) is 13.6 Å². The smallest absolute Gasteiger partial charge is 0.295 e. The van der Waals surface area contributed by atoms with Crippen molar-refractivity contribution in [3.8, 4) is 0 Å². The van der Waals surface area contributed by atoms with Crippen LogP contribution in [0.1, 0.15) is 25.0 Å². The monoisotopic (exact) mass is 386 g/mol. The van der Waals surface area contributed by atoms with Crippen molar-refractivity contribution in [2.45, 2.75) is 26.3 Å². The number of benzene rings is 1. The molecule has 0 saturated carbocycles. The molecule has 2 N–H and O–H groups in total. The fourth-order valence-corrected chi connectivity index (χ4v) is 2.62. The molecule has 0 unspecified atom stereocenters. The van der Waals surface area contributed by atoms with Gasteiger partial charge in [0.05, 0.1) is 5.39 Å². The van der Waals surface area contributed by atoms with Crippen molar-refractivity contribution in [3.63, 3.8) is 0 Å². The highest BCUT2D eigenvalue weighted by atomic mass is 19.3. The average molecular weight is 386 g/mol. The van der Waals surface area contributed by atoms with Crippen molar-refractivity contribution < 1.29 is 13.9 Å². The predicted octanol–water partition coefficient (Wildman–Crippen LogP) is 1.84. The molecule has 2 radical (unpaired) electrons. The summed E-state index contributed by atoms with van der Waals surface area (Å²) in [5.74, 6) is -2.87. The Morgan fingerprint density at radius 2 is 1.96 bits per heavy atom. The first-order valence-electron chi connectivity index (χ1n) is 8.75. The Balaban J connectivity index is 0.00000136. The van der Waals surface area contributed by atoms with Gasteiger partial charge in [0.15, 0.2) is 0 Å². The van der Waals surface area contributed by atoms with Crippen LogP contribution in [-0.2, 0) is 19.5 Å². The molecule has 3 rings (SSSR count). The van der Waals surface area contributed by atoms with Gasteiger partial charge in [0.1, 0.15) is 32.2 Å². The van der Waals surface area contributed by atoms with Gasteiger partial charge < -0.3 is 10.4 Å². The average Bonchev–Trinajstić information content (AvgIpc) is 2.72. The molecule has 0 aliphatic heterocycles. The zero-order chi connectivity index (χ0) is 20.9. The Labute approximate surface area is 162 Å². The molecule has 0 spiro atoms. The number of aromatic nitrogens is 3. The van der Waals surface area contributed by atoms with Crippen molar-refractivity contribution in [1.82, 2.24) is 14.5 Å². The van der Waals surface area contributed by atoms with E-state index in [1.165, 1.54) is 35.2 Å². The highest BCUT2D eigenvalue weighted by Crippen LogP contribution is 2.28. The second-order valence-electron chi connectivity index (χ2n) is 5.84. The van der Waals surface area contributed by atoms with Gasteiger partial charge in [-0.2, -0.15) is 8.78 Å². The topological polar surface area (TPSA) is 80.0 Å². The summed E-state index contributed by atoms with van der Waals surface area (Å²) < 4.78 is 28.6. The first kappa shape index (κ1) is 21.5. The molecule has 2 aromatic heterocycles. The Hall–Kier alpha value is -2.81. The number of fused-ring (bicyclic) bond motifs is 1. The molecule has 9 heteroatoms. The summed E-state index contributed by atoms with van der Waals surface area (Å²) in [5, 5.41) is 12.4. The standard InChI is InChI=1S/C17H15BF2N4O2.C2H6/c1-24-15-12(6-13(18)16(24)26)14(22-9-23-15)21-7-10-3-2-4-11(5-10)17(19,20)8-25;1-2/h2-6,9,25H,7-8H2,1H3,(H,21,22,23);1-2H3. The normalized spacial score (nSPS) is 11.1. The molecule has 2 heterocycles. The minimum Gasteiger partial charge on any atom is -0.390 e. The zero-order valence-electron chi connectivity index (χ0n) is 15.9. The van der Waals surface area contributed by atoms with Gasteiger partial charge in [0.2, 0.25) is 5.56 Å². The van der Waals surface area contributed by atoms with Gasteiger partial charge in [-0.25, -0.2) is 9.97 Å². The van der Waals surface area contributed by atoms with E-state index in [0.29, 0.717) is 22.4 Å². The lowest BCUT2D eigenvalue weighted by atomic mass is 9.97. The lowest BCUT2D eigenvalue weighted by Crippen LogP contribution is -2.33. The minimum atomic E-state index is -3.30. The lowest BCUT2D eigenvalue weighted by molar-refractivity contribution is -0.0556. The van der Waals surface area contributed by atoms with Crippen molar-refractivity contribution in [3.05, 3.63) is 58.1 Å². The molecule has 28 heavy (non-hydrogen) atoms. The molecular formula is C19H21BF2N4O2. The van der Waals surface area contributed by atoms with Gasteiger partial charge >= 0.3 is 0 Å². The minimum absolute atomic E-state index is 0.0578. The van der Waals surface area contributed by atoms with Crippen LogP contribution in [-0.4, -0.2) is 34.1 Å². The molecule has 0 aliphatic rings. The fourth-order valence-electron chi connectivity index (χ4n) is 2.62. The number of alkyl halides is 2. The van der Waals surface area contributed by atoms with Crippen LogP contribution in [0, 0.1) is 0 Å². The number of pyridine rings is 1. The number of aliphatic hydroxyl groups is 1. The Kier molecular flexibility index (Phi) is 6.85. The summed E-state index contributed by atoms with van der Waals surface area (Å²) in [5.41, 5.74) is 0.421. The summed E-state index contributed by atoms with van der Waals surface area (Å²) in [6.07, 6.45) is 1.30. The van der Waals surface area contributed by atoms with E-state index < -0.39 is 12.5 Å². The van der Waals surface area contributed by atoms with E-state index in [0.717, 1.165) is 0 Å². The van der Waals surface area contributed by atoms with Crippen LogP contribution in [0.3, 0.4) is 0 Å². The number of aliphatic hydroxyl groups excluding tert-OH is 1. The van der Waals surface area contributed by atoms with Crippen molar-refractivity contribution in [2.24, 2.45) is 7.05 Å². The lowest BCUT2D eigenvalue weighted by Gasteiger charge is -2.15. The number of nitrogens with one attached hydrogen (secondary N) is 1. The number of rotatable bonds is 5. The zero-order valence-corrected chi connectivity index (χ0v) is 15.9. The van der Waals surface area contributed by atoms with Crippen LogP contribution < -0.4 is 16.3 Å². The number of aryl methyl sites for hydroxylation is 1. The van der Waals surface area contributed by atoms with Gasteiger partial charge in [-0.05, 0) is 23.2 Å². The van der Waals surface area contributed by atoms with Crippen LogP contribution in [0.25, 0.3) is 11.0 Å². The first-order valence-corrected chi connectivity index (χ1v) is 8.75. The highest BCUT2D eigenvalue weighted by molar-refractivity contribution is 6.32. The number of nitrogens with zero attached hydrogens (tertiary/aromatic N) is 3. The maximum Gasteiger partial charge on any atom is 0.295 e. The van der Waals surface area contributed by atoms with Crippen molar-refractivity contribution in [2.75, 3.05) is 11.9 Å². The van der Waals surface area contributed by atoms with Crippen LogP contribution in [0.4, 0.5) is 14.6 Å². The quantitative estimate of drug-likeness (QED) is 0.655. The number of hydrogen-bond acceptors (Lipinski definition) is 5. The van der Waals surface area contributed by atoms with E-state index in [-0.39, 0.29) is 23.1 Å². The van der Waals surface area contributed by atoms with Gasteiger partial charge in [-0.1, -0.05) is 32.0 Å². The summed E-state index contributed by atoms with van der Waals surface area (Å²) in [7, 11) is 7.28. The number of hydrogen-bond donors (Lipinski definition) is 2. The molecular weight excluding hydrogens is 365 g/mol. The van der Waals surface area contributed by atoms with E-state index in [2.05, 4.69) is 15.3 Å². The van der Waals surface area contributed by atoms with Gasteiger partial charge in [0.25, 0.3) is 5.92 Å². The van der Waals surface area contributed by atoms with Gasteiger partial charge in [-0.3, -0.25) is 9.36 Å². The third-order valence-electron chi connectivity index (χ3n) is 4.04. The van der Waals surface area contributed by atoms with Crippen molar-refractivity contribution in [1.29, 1.82) is 0 Å². The number of halogens is 2.